The monoisotopic (exact) mass is 348 g/mol. The predicted molar refractivity (Wildman–Crippen MR) is 95.5 cm³/mol. The maximum Gasteiger partial charge on any atom is 0.256 e. The van der Waals surface area contributed by atoms with Crippen LogP contribution >= 0.6 is 0 Å². The Morgan fingerprint density at radius 1 is 1.20 bits per heavy atom. The molecule has 138 valence electrons. The highest BCUT2D eigenvalue weighted by molar-refractivity contribution is 5.86. The molecule has 1 atom stereocenters. The minimum absolute atomic E-state index is 0.189. The molecule has 1 heterocycles. The largest absolute Gasteiger partial charge is 0.379 e. The molecule has 0 bridgehead atoms. The number of hydrogen-bond acceptors (Lipinski definition) is 3. The van der Waals surface area contributed by atoms with Gasteiger partial charge in [-0.1, -0.05) is 31.4 Å². The van der Waals surface area contributed by atoms with Crippen molar-refractivity contribution < 1.29 is 14.3 Å². The molecule has 3 rings (SSSR count). The van der Waals surface area contributed by atoms with E-state index in [1.807, 2.05) is 7.05 Å². The standard InChI is InChI=1S/C20H29FN2O2/c1-22(18-6-3-2-4-7-18)15-20(25)12-5-13-23(19(20)24)14-16-8-10-17(21)11-9-16/h8-11,18,25H,2-7,12-15H2,1H3/t20-/m0/s1. The highest BCUT2D eigenvalue weighted by atomic mass is 19.1. The maximum atomic E-state index is 13.1. The van der Waals surface area contributed by atoms with E-state index in [1.165, 1.54) is 31.4 Å². The molecule has 0 aromatic heterocycles. The Hall–Kier alpha value is -1.46. The molecule has 1 amide bonds. The Bertz CT molecular complexity index is 586. The second-order valence-electron chi connectivity index (χ2n) is 7.70. The third-order valence-electron chi connectivity index (χ3n) is 5.70. The van der Waals surface area contributed by atoms with Gasteiger partial charge in [0.1, 0.15) is 5.82 Å². The Labute approximate surface area is 149 Å². The van der Waals surface area contributed by atoms with Gasteiger partial charge in [-0.25, -0.2) is 4.39 Å². The van der Waals surface area contributed by atoms with Gasteiger partial charge in [-0.3, -0.25) is 4.79 Å². The smallest absolute Gasteiger partial charge is 0.256 e. The van der Waals surface area contributed by atoms with Gasteiger partial charge in [-0.05, 0) is 50.4 Å². The van der Waals surface area contributed by atoms with Crippen LogP contribution in [0.5, 0.6) is 0 Å². The fourth-order valence-corrected chi connectivity index (χ4v) is 4.24. The molecule has 4 nitrogen and oxygen atoms in total. The van der Waals surface area contributed by atoms with Crippen LogP contribution in [0.25, 0.3) is 0 Å². The number of piperidine rings is 1. The summed E-state index contributed by atoms with van der Waals surface area (Å²) < 4.78 is 13.1. The molecule has 5 heteroatoms. The van der Waals surface area contributed by atoms with E-state index in [9.17, 15) is 14.3 Å². The van der Waals surface area contributed by atoms with Crippen molar-refractivity contribution in [3.63, 3.8) is 0 Å². The number of carbonyl (C=O) groups excluding carboxylic acids is 1. The van der Waals surface area contributed by atoms with E-state index in [4.69, 9.17) is 0 Å². The van der Waals surface area contributed by atoms with E-state index < -0.39 is 5.60 Å². The maximum absolute atomic E-state index is 13.1. The van der Waals surface area contributed by atoms with E-state index in [-0.39, 0.29) is 11.7 Å². The number of carbonyl (C=O) groups is 1. The first-order valence-electron chi connectivity index (χ1n) is 9.44. The fraction of sp³-hybridized carbons (Fsp3) is 0.650. The summed E-state index contributed by atoms with van der Waals surface area (Å²) in [5, 5.41) is 11.0. The van der Waals surface area contributed by atoms with Crippen LogP contribution in [0.15, 0.2) is 24.3 Å². The molecule has 1 aromatic carbocycles. The lowest BCUT2D eigenvalue weighted by Gasteiger charge is -2.42. The lowest BCUT2D eigenvalue weighted by atomic mass is 9.88. The predicted octanol–water partition coefficient (Wildman–Crippen LogP) is 2.94. The second kappa shape index (κ2) is 7.83. The van der Waals surface area contributed by atoms with E-state index >= 15 is 0 Å². The van der Waals surface area contributed by atoms with Crippen LogP contribution in [0.2, 0.25) is 0 Å². The Kier molecular flexibility index (Phi) is 5.74. The van der Waals surface area contributed by atoms with E-state index in [0.717, 1.165) is 24.8 Å². The average Bonchev–Trinajstić information content (AvgIpc) is 2.62. The van der Waals surface area contributed by atoms with Gasteiger partial charge >= 0.3 is 0 Å². The molecule has 0 radical (unpaired) electrons. The molecule has 1 saturated heterocycles. The lowest BCUT2D eigenvalue weighted by Crippen LogP contribution is -2.59. The van der Waals surface area contributed by atoms with Crippen molar-refractivity contribution in [1.29, 1.82) is 0 Å². The molecular weight excluding hydrogens is 319 g/mol. The highest BCUT2D eigenvalue weighted by Gasteiger charge is 2.43. The summed E-state index contributed by atoms with van der Waals surface area (Å²) in [5.41, 5.74) is -0.413. The van der Waals surface area contributed by atoms with Crippen molar-refractivity contribution in [1.82, 2.24) is 9.80 Å². The van der Waals surface area contributed by atoms with Crippen molar-refractivity contribution in [3.05, 3.63) is 35.6 Å². The van der Waals surface area contributed by atoms with Crippen molar-refractivity contribution in [2.45, 2.75) is 63.1 Å². The van der Waals surface area contributed by atoms with Crippen LogP contribution in [-0.4, -0.2) is 52.6 Å². The SMILES string of the molecule is CN(C[C@@]1(O)CCCN(Cc2ccc(F)cc2)C1=O)C1CCCCC1. The minimum atomic E-state index is -1.30. The summed E-state index contributed by atoms with van der Waals surface area (Å²) >= 11 is 0. The molecular formula is C20H29FN2O2. The molecule has 1 saturated carbocycles. The fourth-order valence-electron chi connectivity index (χ4n) is 4.24. The van der Waals surface area contributed by atoms with Gasteiger partial charge in [-0.15, -0.1) is 0 Å². The number of amides is 1. The van der Waals surface area contributed by atoms with Crippen LogP contribution in [0, 0.1) is 5.82 Å². The summed E-state index contributed by atoms with van der Waals surface area (Å²) in [6, 6.07) is 6.69. The normalized spacial score (nSPS) is 25.6. The summed E-state index contributed by atoms with van der Waals surface area (Å²) in [6.45, 7) is 1.47. The Morgan fingerprint density at radius 3 is 2.56 bits per heavy atom. The second-order valence-corrected chi connectivity index (χ2v) is 7.70. The Morgan fingerprint density at radius 2 is 1.88 bits per heavy atom. The van der Waals surface area contributed by atoms with Crippen molar-refractivity contribution in [2.24, 2.45) is 0 Å². The van der Waals surface area contributed by atoms with Gasteiger partial charge in [-0.2, -0.15) is 0 Å². The first-order valence-corrected chi connectivity index (χ1v) is 9.44. The van der Waals surface area contributed by atoms with Crippen molar-refractivity contribution in [2.75, 3.05) is 20.1 Å². The zero-order chi connectivity index (χ0) is 17.9. The average molecular weight is 348 g/mol. The van der Waals surface area contributed by atoms with Crippen molar-refractivity contribution >= 4 is 5.91 Å². The first kappa shape index (κ1) is 18.3. The molecule has 2 aliphatic rings. The minimum Gasteiger partial charge on any atom is -0.379 e. The molecule has 25 heavy (non-hydrogen) atoms. The van der Waals surface area contributed by atoms with Crippen LogP contribution < -0.4 is 0 Å². The van der Waals surface area contributed by atoms with Crippen molar-refractivity contribution in [3.8, 4) is 0 Å². The lowest BCUT2D eigenvalue weighted by molar-refractivity contribution is -0.160. The third kappa shape index (κ3) is 4.39. The number of likely N-dealkylation sites (tertiary alicyclic amines) is 1. The van der Waals surface area contributed by atoms with E-state index in [0.29, 0.717) is 32.1 Å². The summed E-state index contributed by atoms with van der Waals surface area (Å²) in [7, 11) is 2.03. The molecule has 1 aliphatic heterocycles. The zero-order valence-electron chi connectivity index (χ0n) is 15.1. The van der Waals surface area contributed by atoms with Gasteiger partial charge < -0.3 is 14.9 Å². The quantitative estimate of drug-likeness (QED) is 0.890. The summed E-state index contributed by atoms with van der Waals surface area (Å²) in [4.78, 5) is 16.8. The molecule has 0 spiro atoms. The van der Waals surface area contributed by atoms with Crippen LogP contribution in [0.3, 0.4) is 0 Å². The van der Waals surface area contributed by atoms with Gasteiger partial charge in [0.15, 0.2) is 5.60 Å². The molecule has 1 N–H and O–H groups in total. The number of benzene rings is 1. The molecule has 2 fully saturated rings. The van der Waals surface area contributed by atoms with E-state index in [1.54, 1.807) is 17.0 Å². The summed E-state index contributed by atoms with van der Waals surface area (Å²) in [5.74, 6) is -0.468. The zero-order valence-corrected chi connectivity index (χ0v) is 15.1. The topological polar surface area (TPSA) is 43.8 Å². The molecule has 0 unspecified atom stereocenters. The van der Waals surface area contributed by atoms with Gasteiger partial charge in [0.05, 0.1) is 0 Å². The number of likely N-dealkylation sites (N-methyl/N-ethyl adjacent to an activating group) is 1. The highest BCUT2D eigenvalue weighted by Crippen LogP contribution is 2.28. The van der Waals surface area contributed by atoms with Crippen LogP contribution in [-0.2, 0) is 11.3 Å². The number of nitrogens with zero attached hydrogens (tertiary/aromatic N) is 2. The van der Waals surface area contributed by atoms with Gasteiger partial charge in [0.25, 0.3) is 5.91 Å². The first-order chi connectivity index (χ1) is 12.0. The van der Waals surface area contributed by atoms with Gasteiger partial charge in [0.2, 0.25) is 0 Å². The van der Waals surface area contributed by atoms with Gasteiger partial charge in [0, 0.05) is 25.7 Å². The molecule has 1 aliphatic carbocycles. The van der Waals surface area contributed by atoms with Crippen LogP contribution in [0.4, 0.5) is 4.39 Å². The summed E-state index contributed by atoms with van der Waals surface area (Å²) in [6.07, 6.45) is 7.38. The third-order valence-corrected chi connectivity index (χ3v) is 5.70. The molecule has 1 aromatic rings. The number of halogens is 1. The Balaban J connectivity index is 1.64. The van der Waals surface area contributed by atoms with E-state index in [2.05, 4.69) is 4.90 Å². The number of hydrogen-bond donors (Lipinski definition) is 1. The number of rotatable bonds is 5. The van der Waals surface area contributed by atoms with Crippen LogP contribution in [0.1, 0.15) is 50.5 Å². The number of aliphatic hydroxyl groups is 1.